The van der Waals surface area contributed by atoms with E-state index in [2.05, 4.69) is 27.5 Å². The largest absolute Gasteiger partial charge is 0.417 e. The third-order valence-corrected chi connectivity index (χ3v) is 4.56. The highest BCUT2D eigenvalue weighted by molar-refractivity contribution is 5.92. The van der Waals surface area contributed by atoms with E-state index < -0.39 is 17.6 Å². The molecule has 1 aliphatic heterocycles. The van der Waals surface area contributed by atoms with E-state index in [1.165, 1.54) is 24.3 Å². The molecule has 146 valence electrons. The lowest BCUT2D eigenvalue weighted by Crippen LogP contribution is -2.42. The lowest BCUT2D eigenvalue weighted by molar-refractivity contribution is -0.137. The van der Waals surface area contributed by atoms with Crippen LogP contribution in [0.25, 0.3) is 11.3 Å². The van der Waals surface area contributed by atoms with Crippen molar-refractivity contribution in [2.45, 2.75) is 32.0 Å². The summed E-state index contributed by atoms with van der Waals surface area (Å²) < 4.78 is 39.4. The highest BCUT2D eigenvalue weighted by Crippen LogP contribution is 2.36. The lowest BCUT2D eigenvalue weighted by Gasteiger charge is -2.31. The Morgan fingerprint density at radius 1 is 1.41 bits per heavy atom. The molecule has 0 spiro atoms. The molecule has 2 N–H and O–H groups in total. The number of likely N-dealkylation sites (tertiary alicyclic amines) is 1. The number of carbonyl (C=O) groups is 1. The van der Waals surface area contributed by atoms with E-state index in [0.717, 1.165) is 38.5 Å². The summed E-state index contributed by atoms with van der Waals surface area (Å²) in [6, 6.07) is 6.38. The number of nitrogens with zero attached hydrogens (tertiary/aromatic N) is 2. The van der Waals surface area contributed by atoms with Gasteiger partial charge in [-0.25, -0.2) is 5.48 Å². The number of aromatic nitrogens is 2. The molecule has 1 saturated heterocycles. The maximum absolute atomic E-state index is 13.1. The van der Waals surface area contributed by atoms with E-state index in [-0.39, 0.29) is 23.1 Å². The number of amides is 1. The minimum absolute atomic E-state index is 0.0325. The van der Waals surface area contributed by atoms with E-state index in [9.17, 15) is 18.0 Å². The van der Waals surface area contributed by atoms with Gasteiger partial charge >= 0.3 is 6.18 Å². The van der Waals surface area contributed by atoms with Gasteiger partial charge in [-0.2, -0.15) is 18.3 Å². The number of aromatic amines is 1. The van der Waals surface area contributed by atoms with Gasteiger partial charge in [-0.1, -0.05) is 25.1 Å². The van der Waals surface area contributed by atoms with Crippen LogP contribution in [0.1, 0.15) is 35.8 Å². The van der Waals surface area contributed by atoms with Gasteiger partial charge in [-0.3, -0.25) is 14.7 Å². The molecule has 1 fully saturated rings. The van der Waals surface area contributed by atoms with Crippen molar-refractivity contribution in [3.63, 3.8) is 0 Å². The Balaban J connectivity index is 1.67. The summed E-state index contributed by atoms with van der Waals surface area (Å²) in [4.78, 5) is 19.9. The van der Waals surface area contributed by atoms with Gasteiger partial charge in [0.2, 0.25) is 0 Å². The van der Waals surface area contributed by atoms with E-state index >= 15 is 0 Å². The molecule has 1 aliphatic rings. The van der Waals surface area contributed by atoms with Crippen molar-refractivity contribution >= 4 is 5.91 Å². The first kappa shape index (κ1) is 19.4. The quantitative estimate of drug-likeness (QED) is 0.779. The Morgan fingerprint density at radius 3 is 2.93 bits per heavy atom. The molecule has 9 heteroatoms. The maximum atomic E-state index is 13.1. The first-order chi connectivity index (χ1) is 12.9. The van der Waals surface area contributed by atoms with Gasteiger partial charge in [0, 0.05) is 12.1 Å². The van der Waals surface area contributed by atoms with Gasteiger partial charge in [0.05, 0.1) is 17.4 Å². The predicted molar refractivity (Wildman–Crippen MR) is 92.7 cm³/mol. The summed E-state index contributed by atoms with van der Waals surface area (Å²) in [6.45, 7) is 4.71. The van der Waals surface area contributed by atoms with Gasteiger partial charge in [0.1, 0.15) is 5.69 Å². The number of likely N-dealkylation sites (N-methyl/N-ethyl adjacent to an activating group) is 1. The zero-order valence-corrected chi connectivity index (χ0v) is 14.8. The summed E-state index contributed by atoms with van der Waals surface area (Å²) >= 11 is 0. The standard InChI is InChI=1S/C18H21F3N4O2/c1-2-25-9-5-6-12(11-25)27-24-17(26)16-10-15(22-23-16)13-7-3-4-8-14(13)18(19,20)21/h3-4,7-8,10,12H,2,5-6,9,11H2,1H3,(H,22,23)(H,24,26). The van der Waals surface area contributed by atoms with Crippen LogP contribution in [0.5, 0.6) is 0 Å². The summed E-state index contributed by atoms with van der Waals surface area (Å²) in [5, 5.41) is 6.32. The Kier molecular flexibility index (Phi) is 5.81. The van der Waals surface area contributed by atoms with Gasteiger partial charge in [0.25, 0.3) is 5.91 Å². The number of hydrogen-bond donors (Lipinski definition) is 2. The number of carbonyl (C=O) groups excluding carboxylic acids is 1. The molecule has 3 rings (SSSR count). The number of benzene rings is 1. The number of hydrogen-bond acceptors (Lipinski definition) is 4. The van der Waals surface area contributed by atoms with Crippen molar-refractivity contribution in [3.05, 3.63) is 41.6 Å². The number of rotatable bonds is 5. The number of nitrogens with one attached hydrogen (secondary N) is 2. The van der Waals surface area contributed by atoms with Crippen molar-refractivity contribution in [3.8, 4) is 11.3 Å². The van der Waals surface area contributed by atoms with Crippen LogP contribution in [0.4, 0.5) is 13.2 Å². The molecule has 2 aromatic rings. The summed E-state index contributed by atoms with van der Waals surface area (Å²) in [5.74, 6) is -0.577. The Hall–Kier alpha value is -2.39. The zero-order chi connectivity index (χ0) is 19.4. The predicted octanol–water partition coefficient (Wildman–Crippen LogP) is 3.24. The van der Waals surface area contributed by atoms with Crippen LogP contribution in [-0.4, -0.2) is 46.7 Å². The van der Waals surface area contributed by atoms with Crippen LogP contribution in [0.15, 0.2) is 30.3 Å². The summed E-state index contributed by atoms with van der Waals surface area (Å²) in [6.07, 6.45) is -2.80. The topological polar surface area (TPSA) is 70.2 Å². The molecule has 27 heavy (non-hydrogen) atoms. The Labute approximate surface area is 154 Å². The first-order valence-corrected chi connectivity index (χ1v) is 8.79. The van der Waals surface area contributed by atoms with E-state index in [1.54, 1.807) is 0 Å². The summed E-state index contributed by atoms with van der Waals surface area (Å²) in [5.41, 5.74) is 1.55. The highest BCUT2D eigenvalue weighted by Gasteiger charge is 2.34. The average Bonchev–Trinajstić information content (AvgIpc) is 3.16. The molecule has 1 aromatic carbocycles. The minimum Gasteiger partial charge on any atom is -0.301 e. The fourth-order valence-electron chi connectivity index (χ4n) is 3.12. The minimum atomic E-state index is -4.51. The molecular weight excluding hydrogens is 361 g/mol. The molecule has 0 saturated carbocycles. The molecule has 0 aliphatic carbocycles. The van der Waals surface area contributed by atoms with E-state index in [4.69, 9.17) is 4.84 Å². The maximum Gasteiger partial charge on any atom is 0.417 e. The molecule has 1 unspecified atom stereocenters. The van der Waals surface area contributed by atoms with Crippen molar-refractivity contribution in [1.29, 1.82) is 0 Å². The highest BCUT2D eigenvalue weighted by atomic mass is 19.4. The van der Waals surface area contributed by atoms with Gasteiger partial charge in [0.15, 0.2) is 0 Å². The number of H-pyrrole nitrogens is 1. The molecule has 1 aromatic heterocycles. The molecule has 6 nitrogen and oxygen atoms in total. The Bertz CT molecular complexity index is 791. The first-order valence-electron chi connectivity index (χ1n) is 8.79. The molecule has 0 radical (unpaired) electrons. The average molecular weight is 382 g/mol. The fourth-order valence-corrected chi connectivity index (χ4v) is 3.12. The second-order valence-corrected chi connectivity index (χ2v) is 6.42. The zero-order valence-electron chi connectivity index (χ0n) is 14.8. The van der Waals surface area contributed by atoms with Crippen molar-refractivity contribution in [1.82, 2.24) is 20.6 Å². The normalized spacial score (nSPS) is 18.4. The van der Waals surface area contributed by atoms with Crippen LogP contribution in [-0.2, 0) is 11.0 Å². The van der Waals surface area contributed by atoms with E-state index in [1.807, 2.05) is 0 Å². The lowest BCUT2D eigenvalue weighted by atomic mass is 10.0. The van der Waals surface area contributed by atoms with Gasteiger partial charge < -0.3 is 4.90 Å². The smallest absolute Gasteiger partial charge is 0.301 e. The number of halogens is 3. The van der Waals surface area contributed by atoms with Crippen molar-refractivity contribution in [2.24, 2.45) is 0 Å². The molecule has 2 heterocycles. The fraction of sp³-hybridized carbons (Fsp3) is 0.444. The van der Waals surface area contributed by atoms with Crippen molar-refractivity contribution < 1.29 is 22.8 Å². The molecule has 1 amide bonds. The van der Waals surface area contributed by atoms with Crippen LogP contribution < -0.4 is 5.48 Å². The number of alkyl halides is 3. The number of hydroxylamine groups is 1. The van der Waals surface area contributed by atoms with Gasteiger partial charge in [-0.15, -0.1) is 0 Å². The SMILES string of the molecule is CCN1CCCC(ONC(=O)c2cc(-c3ccccc3C(F)(F)F)n[nH]2)C1. The van der Waals surface area contributed by atoms with Crippen LogP contribution >= 0.6 is 0 Å². The second kappa shape index (κ2) is 8.10. The third-order valence-electron chi connectivity index (χ3n) is 4.56. The monoisotopic (exact) mass is 382 g/mol. The Morgan fingerprint density at radius 2 is 2.19 bits per heavy atom. The van der Waals surface area contributed by atoms with Crippen LogP contribution in [0, 0.1) is 0 Å². The van der Waals surface area contributed by atoms with Crippen LogP contribution in [0.2, 0.25) is 0 Å². The van der Waals surface area contributed by atoms with Gasteiger partial charge in [-0.05, 0) is 38.1 Å². The third kappa shape index (κ3) is 4.67. The molecule has 1 atom stereocenters. The van der Waals surface area contributed by atoms with Crippen LogP contribution in [0.3, 0.4) is 0 Å². The summed E-state index contributed by atoms with van der Waals surface area (Å²) in [7, 11) is 0. The molecule has 0 bridgehead atoms. The van der Waals surface area contributed by atoms with E-state index in [0.29, 0.717) is 0 Å². The number of piperidine rings is 1. The van der Waals surface area contributed by atoms with Crippen molar-refractivity contribution in [2.75, 3.05) is 19.6 Å². The molecular formula is C18H21F3N4O2. The second-order valence-electron chi connectivity index (χ2n) is 6.42.